The largest absolute Gasteiger partial charge is 0.426 e. The number of hydrogen-bond acceptors (Lipinski definition) is 2. The van der Waals surface area contributed by atoms with Crippen LogP contribution in [0.4, 0.5) is 0 Å². The zero-order valence-corrected chi connectivity index (χ0v) is 9.21. The standard InChI is InChI=1S/C10H9BrN2O/c1-7-6-12-10(13-7)14-9-4-2-3-8(11)5-9/h2-6H,1H3,(H,12,13). The first-order valence-corrected chi connectivity index (χ1v) is 4.98. The van der Waals surface area contributed by atoms with Crippen LogP contribution >= 0.6 is 15.9 Å². The van der Waals surface area contributed by atoms with E-state index in [-0.39, 0.29) is 0 Å². The van der Waals surface area contributed by atoms with Crippen molar-refractivity contribution >= 4 is 15.9 Å². The van der Waals surface area contributed by atoms with Crippen molar-refractivity contribution in [2.45, 2.75) is 6.92 Å². The lowest BCUT2D eigenvalue weighted by Gasteiger charge is -2.01. The highest BCUT2D eigenvalue weighted by Crippen LogP contribution is 2.21. The number of benzene rings is 1. The topological polar surface area (TPSA) is 37.9 Å². The number of hydrogen-bond donors (Lipinski definition) is 1. The molecule has 72 valence electrons. The lowest BCUT2D eigenvalue weighted by Crippen LogP contribution is -1.85. The van der Waals surface area contributed by atoms with Crippen molar-refractivity contribution in [2.75, 3.05) is 0 Å². The number of aromatic nitrogens is 2. The maximum atomic E-state index is 5.48. The fourth-order valence-electron chi connectivity index (χ4n) is 1.08. The summed E-state index contributed by atoms with van der Waals surface area (Å²) >= 11 is 3.37. The zero-order chi connectivity index (χ0) is 9.97. The molecule has 1 aromatic heterocycles. The lowest BCUT2D eigenvalue weighted by atomic mass is 10.3. The first kappa shape index (κ1) is 9.27. The lowest BCUT2D eigenvalue weighted by molar-refractivity contribution is 0.447. The van der Waals surface area contributed by atoms with E-state index >= 15 is 0 Å². The van der Waals surface area contributed by atoms with Crippen LogP contribution in [0.3, 0.4) is 0 Å². The van der Waals surface area contributed by atoms with Gasteiger partial charge < -0.3 is 9.72 Å². The van der Waals surface area contributed by atoms with Gasteiger partial charge in [-0.2, -0.15) is 0 Å². The Morgan fingerprint density at radius 2 is 2.29 bits per heavy atom. The third-order valence-corrected chi connectivity index (χ3v) is 2.18. The Bertz CT molecular complexity index is 439. The first-order valence-electron chi connectivity index (χ1n) is 4.19. The second-order valence-corrected chi connectivity index (χ2v) is 3.85. The molecule has 2 rings (SSSR count). The van der Waals surface area contributed by atoms with E-state index < -0.39 is 0 Å². The number of nitrogens with zero attached hydrogens (tertiary/aromatic N) is 1. The van der Waals surface area contributed by atoms with Crippen molar-refractivity contribution in [3.8, 4) is 11.8 Å². The highest BCUT2D eigenvalue weighted by molar-refractivity contribution is 9.10. The van der Waals surface area contributed by atoms with Crippen LogP contribution in [0.2, 0.25) is 0 Å². The monoisotopic (exact) mass is 252 g/mol. The van der Waals surface area contributed by atoms with Crippen LogP contribution in [0.25, 0.3) is 0 Å². The molecule has 0 saturated carbocycles. The third kappa shape index (κ3) is 2.14. The van der Waals surface area contributed by atoms with Gasteiger partial charge in [-0.05, 0) is 25.1 Å². The molecule has 0 fully saturated rings. The first-order chi connectivity index (χ1) is 6.74. The van der Waals surface area contributed by atoms with Crippen molar-refractivity contribution in [1.29, 1.82) is 0 Å². The second kappa shape index (κ2) is 3.84. The average Bonchev–Trinajstić information content (AvgIpc) is 2.51. The predicted molar refractivity (Wildman–Crippen MR) is 57.5 cm³/mol. The number of aryl methyl sites for hydroxylation is 1. The number of nitrogens with one attached hydrogen (secondary N) is 1. The van der Waals surface area contributed by atoms with Crippen LogP contribution in [0.15, 0.2) is 34.9 Å². The molecule has 1 heterocycles. The summed E-state index contributed by atoms with van der Waals surface area (Å²) in [7, 11) is 0. The molecular weight excluding hydrogens is 244 g/mol. The van der Waals surface area contributed by atoms with Gasteiger partial charge in [-0.1, -0.05) is 22.0 Å². The number of ether oxygens (including phenoxy) is 1. The van der Waals surface area contributed by atoms with E-state index in [0.29, 0.717) is 6.01 Å². The van der Waals surface area contributed by atoms with Gasteiger partial charge in [-0.25, -0.2) is 4.98 Å². The van der Waals surface area contributed by atoms with E-state index in [1.165, 1.54) is 0 Å². The smallest absolute Gasteiger partial charge is 0.299 e. The highest BCUT2D eigenvalue weighted by Gasteiger charge is 2.00. The van der Waals surface area contributed by atoms with Crippen molar-refractivity contribution < 1.29 is 4.74 Å². The fourth-order valence-corrected chi connectivity index (χ4v) is 1.46. The maximum absolute atomic E-state index is 5.48. The maximum Gasteiger partial charge on any atom is 0.299 e. The van der Waals surface area contributed by atoms with E-state index in [9.17, 15) is 0 Å². The van der Waals surface area contributed by atoms with Crippen LogP contribution in [0, 0.1) is 6.92 Å². The molecule has 0 radical (unpaired) electrons. The Balaban J connectivity index is 2.18. The molecule has 2 aromatic rings. The number of rotatable bonds is 2. The minimum atomic E-state index is 0.514. The summed E-state index contributed by atoms with van der Waals surface area (Å²) in [5, 5.41) is 0. The van der Waals surface area contributed by atoms with Gasteiger partial charge in [0.1, 0.15) is 5.75 Å². The van der Waals surface area contributed by atoms with Gasteiger partial charge in [0, 0.05) is 10.2 Å². The van der Waals surface area contributed by atoms with Crippen molar-refractivity contribution in [3.05, 3.63) is 40.6 Å². The van der Waals surface area contributed by atoms with Crippen LogP contribution in [0.5, 0.6) is 11.8 Å². The van der Waals surface area contributed by atoms with Crippen LogP contribution in [-0.2, 0) is 0 Å². The van der Waals surface area contributed by atoms with E-state index in [1.807, 2.05) is 31.2 Å². The Morgan fingerprint density at radius 3 is 2.93 bits per heavy atom. The number of halogens is 1. The molecule has 4 heteroatoms. The Hall–Kier alpha value is -1.29. The average molecular weight is 253 g/mol. The normalized spacial score (nSPS) is 10.1. The molecule has 0 spiro atoms. The summed E-state index contributed by atoms with van der Waals surface area (Å²) in [5.41, 5.74) is 0.981. The van der Waals surface area contributed by atoms with Gasteiger partial charge >= 0.3 is 0 Å². The molecule has 0 aliphatic carbocycles. The molecule has 0 aliphatic rings. The van der Waals surface area contributed by atoms with Gasteiger partial charge in [-0.15, -0.1) is 0 Å². The van der Waals surface area contributed by atoms with E-state index in [4.69, 9.17) is 4.74 Å². The summed E-state index contributed by atoms with van der Waals surface area (Å²) in [5.74, 6) is 0.758. The minimum Gasteiger partial charge on any atom is -0.426 e. The molecule has 14 heavy (non-hydrogen) atoms. The SMILES string of the molecule is Cc1cnc(Oc2cccc(Br)c2)[nH]1. The van der Waals surface area contributed by atoms with Crippen molar-refractivity contribution in [1.82, 2.24) is 9.97 Å². The molecule has 3 nitrogen and oxygen atoms in total. The fraction of sp³-hybridized carbons (Fsp3) is 0.100. The van der Waals surface area contributed by atoms with Gasteiger partial charge in [0.25, 0.3) is 6.01 Å². The van der Waals surface area contributed by atoms with Gasteiger partial charge in [0.2, 0.25) is 0 Å². The molecule has 0 bridgehead atoms. The summed E-state index contributed by atoms with van der Waals surface area (Å²) < 4.78 is 6.47. The second-order valence-electron chi connectivity index (χ2n) is 2.93. The summed E-state index contributed by atoms with van der Waals surface area (Å²) in [6, 6.07) is 8.14. The Kier molecular flexibility index (Phi) is 2.54. The molecule has 0 unspecified atom stereocenters. The number of aromatic amines is 1. The molecule has 1 N–H and O–H groups in total. The summed E-state index contributed by atoms with van der Waals surface area (Å²) in [6.07, 6.45) is 1.73. The van der Waals surface area contributed by atoms with Crippen molar-refractivity contribution in [2.24, 2.45) is 0 Å². The molecule has 0 saturated heterocycles. The number of H-pyrrole nitrogens is 1. The van der Waals surface area contributed by atoms with E-state index in [0.717, 1.165) is 15.9 Å². The molecule has 0 aliphatic heterocycles. The van der Waals surface area contributed by atoms with Gasteiger partial charge in [-0.3, -0.25) is 0 Å². The van der Waals surface area contributed by atoms with Gasteiger partial charge in [0.05, 0.1) is 6.20 Å². The third-order valence-electron chi connectivity index (χ3n) is 1.69. The highest BCUT2D eigenvalue weighted by atomic mass is 79.9. The quantitative estimate of drug-likeness (QED) is 0.891. The molecule has 0 atom stereocenters. The molecule has 0 amide bonds. The number of imidazole rings is 1. The molecular formula is C10H9BrN2O. The zero-order valence-electron chi connectivity index (χ0n) is 7.62. The molecule has 1 aromatic carbocycles. The Labute approximate surface area is 90.3 Å². The van der Waals surface area contributed by atoms with Crippen LogP contribution in [-0.4, -0.2) is 9.97 Å². The van der Waals surface area contributed by atoms with Gasteiger partial charge in [0.15, 0.2) is 0 Å². The summed E-state index contributed by atoms with van der Waals surface area (Å²) in [4.78, 5) is 7.04. The summed E-state index contributed by atoms with van der Waals surface area (Å²) in [6.45, 7) is 1.93. The van der Waals surface area contributed by atoms with Crippen molar-refractivity contribution in [3.63, 3.8) is 0 Å². The van der Waals surface area contributed by atoms with E-state index in [2.05, 4.69) is 25.9 Å². The van der Waals surface area contributed by atoms with Crippen LogP contribution < -0.4 is 4.74 Å². The van der Waals surface area contributed by atoms with E-state index in [1.54, 1.807) is 6.20 Å². The predicted octanol–water partition coefficient (Wildman–Crippen LogP) is 3.27. The Morgan fingerprint density at radius 1 is 1.43 bits per heavy atom. The minimum absolute atomic E-state index is 0.514. The van der Waals surface area contributed by atoms with Crippen LogP contribution in [0.1, 0.15) is 5.69 Å².